The lowest BCUT2D eigenvalue weighted by Crippen LogP contribution is -2.61. The number of hydrogen-bond acceptors (Lipinski definition) is 4. The summed E-state index contributed by atoms with van der Waals surface area (Å²) in [5, 5.41) is 3.83. The smallest absolute Gasteiger partial charge is 0.252 e. The van der Waals surface area contributed by atoms with Gasteiger partial charge in [-0.3, -0.25) is 0 Å². The fraction of sp³-hybridized carbons (Fsp3) is 0. The summed E-state index contributed by atoms with van der Waals surface area (Å²) in [5.74, 6) is 0. The van der Waals surface area contributed by atoms with Gasteiger partial charge < -0.3 is 15.1 Å². The van der Waals surface area contributed by atoms with E-state index < -0.39 is 0 Å². The topological polar surface area (TPSA) is 18.5 Å². The maximum atomic E-state index is 3.83. The van der Waals surface area contributed by atoms with E-state index in [1.807, 2.05) is 11.8 Å². The Morgan fingerprint density at radius 3 is 1.46 bits per heavy atom. The number of nitrogens with one attached hydrogen (secondary N) is 1. The van der Waals surface area contributed by atoms with Crippen molar-refractivity contribution in [3.8, 4) is 44.5 Å². The van der Waals surface area contributed by atoms with Crippen molar-refractivity contribution in [2.75, 3.05) is 15.1 Å². The highest BCUT2D eigenvalue weighted by Gasteiger charge is 2.47. The fourth-order valence-corrected chi connectivity index (χ4v) is 11.5. The van der Waals surface area contributed by atoms with Gasteiger partial charge in [-0.15, -0.1) is 0 Å². The molecular weight excluding hydrogens is 806 g/mol. The SMILES string of the molecule is c1ccc(Nc2ccccc2-c2cc3c4c5c2Sc2ccc(-c6ccccc6)cc2N5c2cc(-c5ccccc5)ccc2B4c2ccc(-c4ccccc4)cc2N3c2ccccc2)cc1. The van der Waals surface area contributed by atoms with E-state index in [-0.39, 0.29) is 6.71 Å². The van der Waals surface area contributed by atoms with E-state index in [9.17, 15) is 0 Å². The van der Waals surface area contributed by atoms with Gasteiger partial charge in [0.25, 0.3) is 6.71 Å². The first kappa shape index (κ1) is 37.6. The largest absolute Gasteiger partial charge is 0.355 e. The van der Waals surface area contributed by atoms with Crippen LogP contribution in [0.15, 0.2) is 246 Å². The maximum Gasteiger partial charge on any atom is 0.252 e. The predicted molar refractivity (Wildman–Crippen MR) is 276 cm³/mol. The second kappa shape index (κ2) is 15.4. The summed E-state index contributed by atoms with van der Waals surface area (Å²) >= 11 is 1.90. The monoisotopic (exact) mass is 845 g/mol. The maximum absolute atomic E-state index is 3.83. The van der Waals surface area contributed by atoms with Gasteiger partial charge in [-0.1, -0.05) is 188 Å². The van der Waals surface area contributed by atoms with E-state index in [4.69, 9.17) is 0 Å². The molecule has 3 nitrogen and oxygen atoms in total. The Balaban J connectivity index is 1.15. The summed E-state index contributed by atoms with van der Waals surface area (Å²) in [6.07, 6.45) is 0. The molecule has 304 valence electrons. The predicted octanol–water partition coefficient (Wildman–Crippen LogP) is 14.6. The third kappa shape index (κ3) is 6.23. The lowest BCUT2D eigenvalue weighted by molar-refractivity contribution is 1.16. The molecule has 0 aromatic heterocycles. The molecule has 10 aromatic rings. The summed E-state index contributed by atoms with van der Waals surface area (Å²) in [4.78, 5) is 7.63. The van der Waals surface area contributed by atoms with Crippen molar-refractivity contribution in [1.29, 1.82) is 0 Å². The van der Waals surface area contributed by atoms with E-state index in [0.717, 1.165) is 22.6 Å². The Morgan fingerprint density at radius 2 is 0.862 bits per heavy atom. The minimum absolute atomic E-state index is 0.0270. The molecule has 13 rings (SSSR count). The summed E-state index contributed by atoms with van der Waals surface area (Å²) < 4.78 is 0. The Kier molecular flexibility index (Phi) is 8.88. The highest BCUT2D eigenvalue weighted by molar-refractivity contribution is 8.00. The van der Waals surface area contributed by atoms with E-state index in [2.05, 4.69) is 252 Å². The van der Waals surface area contributed by atoms with Gasteiger partial charge in [-0.25, -0.2) is 0 Å². The summed E-state index contributed by atoms with van der Waals surface area (Å²) in [6.45, 7) is -0.0270. The molecule has 0 bridgehead atoms. The minimum atomic E-state index is -0.0270. The molecule has 0 aliphatic carbocycles. The van der Waals surface area contributed by atoms with Crippen molar-refractivity contribution in [1.82, 2.24) is 0 Å². The van der Waals surface area contributed by atoms with E-state index in [1.165, 1.54) is 93.6 Å². The van der Waals surface area contributed by atoms with Gasteiger partial charge >= 0.3 is 0 Å². The molecule has 0 saturated carbocycles. The van der Waals surface area contributed by atoms with Crippen molar-refractivity contribution in [2.24, 2.45) is 0 Å². The Hall–Kier alpha value is -7.99. The van der Waals surface area contributed by atoms with E-state index in [1.54, 1.807) is 0 Å². The first-order valence-corrected chi connectivity index (χ1v) is 23.1. The highest BCUT2D eigenvalue weighted by Crippen LogP contribution is 2.59. The summed E-state index contributed by atoms with van der Waals surface area (Å²) in [7, 11) is 0. The van der Waals surface area contributed by atoms with Crippen LogP contribution in [0, 0.1) is 0 Å². The van der Waals surface area contributed by atoms with Crippen LogP contribution in [0.4, 0.5) is 45.5 Å². The molecule has 1 N–H and O–H groups in total. The molecule has 0 fully saturated rings. The van der Waals surface area contributed by atoms with Gasteiger partial charge in [0.15, 0.2) is 0 Å². The quantitative estimate of drug-likeness (QED) is 0.161. The zero-order chi connectivity index (χ0) is 42.8. The van der Waals surface area contributed by atoms with Crippen LogP contribution in [0.1, 0.15) is 0 Å². The zero-order valence-corrected chi connectivity index (χ0v) is 36.2. The molecule has 0 radical (unpaired) electrons. The number of nitrogens with zero attached hydrogens (tertiary/aromatic N) is 2. The number of anilines is 8. The van der Waals surface area contributed by atoms with Crippen molar-refractivity contribution in [3.63, 3.8) is 0 Å². The third-order valence-corrected chi connectivity index (χ3v) is 14.4. The van der Waals surface area contributed by atoms with Gasteiger partial charge in [-0.05, 0) is 110 Å². The molecule has 5 heteroatoms. The fourth-order valence-electron chi connectivity index (χ4n) is 10.3. The number of para-hydroxylation sites is 3. The van der Waals surface area contributed by atoms with Crippen molar-refractivity contribution < 1.29 is 0 Å². The molecule has 3 aliphatic rings. The van der Waals surface area contributed by atoms with Gasteiger partial charge in [0, 0.05) is 55.0 Å². The minimum Gasteiger partial charge on any atom is -0.355 e. The zero-order valence-electron chi connectivity index (χ0n) is 35.4. The molecule has 3 aliphatic heterocycles. The molecule has 0 spiro atoms. The lowest BCUT2D eigenvalue weighted by atomic mass is 9.33. The molecule has 0 atom stereocenters. The molecule has 3 heterocycles. The third-order valence-electron chi connectivity index (χ3n) is 13.2. The number of benzene rings is 10. The summed E-state index contributed by atoms with van der Waals surface area (Å²) in [5.41, 5.74) is 22.7. The molecule has 10 aromatic carbocycles. The second-order valence-corrected chi connectivity index (χ2v) is 18.0. The summed E-state index contributed by atoms with van der Waals surface area (Å²) in [6, 6.07) is 86.6. The standard InChI is InChI=1S/C60H40BN3S/c1-6-18-40(19-7-1)43-30-33-50-53(36-43)63(47-26-14-5-15-27-47)56-39-49(48-28-16-17-29-52(48)62-46-24-12-4-13-25-46)60-59-58(56)61(50)51-34-31-44(41-20-8-2-9-21-41)37-54(51)64(59)55-38-45(32-35-57(55)65-60)42-22-10-3-11-23-42/h1-39,62H. The van der Waals surface area contributed by atoms with Crippen LogP contribution in [-0.2, 0) is 0 Å². The molecule has 0 amide bonds. The Bertz CT molecular complexity index is 3430. The molecule has 0 unspecified atom stereocenters. The normalized spacial score (nSPS) is 12.8. The van der Waals surface area contributed by atoms with E-state index >= 15 is 0 Å². The average molecular weight is 846 g/mol. The van der Waals surface area contributed by atoms with Crippen LogP contribution in [0.25, 0.3) is 44.5 Å². The molecule has 0 saturated heterocycles. The van der Waals surface area contributed by atoms with Crippen molar-refractivity contribution in [2.45, 2.75) is 9.79 Å². The second-order valence-electron chi connectivity index (χ2n) is 16.9. The van der Waals surface area contributed by atoms with Gasteiger partial charge in [0.1, 0.15) is 0 Å². The lowest BCUT2D eigenvalue weighted by Gasteiger charge is -2.47. The molecular formula is C60H40BN3S. The number of rotatable bonds is 7. The van der Waals surface area contributed by atoms with Crippen LogP contribution in [0.5, 0.6) is 0 Å². The first-order chi connectivity index (χ1) is 32.2. The Morgan fingerprint density at radius 1 is 0.369 bits per heavy atom. The van der Waals surface area contributed by atoms with Crippen LogP contribution < -0.4 is 31.5 Å². The average Bonchev–Trinajstić information content (AvgIpc) is 3.38. The van der Waals surface area contributed by atoms with Crippen molar-refractivity contribution >= 4 is 80.4 Å². The van der Waals surface area contributed by atoms with Gasteiger partial charge in [-0.2, -0.15) is 0 Å². The van der Waals surface area contributed by atoms with Crippen LogP contribution >= 0.6 is 11.8 Å². The Labute approximate surface area is 384 Å². The van der Waals surface area contributed by atoms with Gasteiger partial charge in [0.2, 0.25) is 0 Å². The number of hydrogen-bond donors (Lipinski definition) is 1. The van der Waals surface area contributed by atoms with E-state index in [0.29, 0.717) is 0 Å². The molecule has 65 heavy (non-hydrogen) atoms. The van der Waals surface area contributed by atoms with Crippen LogP contribution in [0.2, 0.25) is 0 Å². The van der Waals surface area contributed by atoms with Crippen molar-refractivity contribution in [3.05, 3.63) is 237 Å². The van der Waals surface area contributed by atoms with Crippen LogP contribution in [0.3, 0.4) is 0 Å². The van der Waals surface area contributed by atoms with Gasteiger partial charge in [0.05, 0.1) is 11.4 Å². The highest BCUT2D eigenvalue weighted by atomic mass is 32.2. The first-order valence-electron chi connectivity index (χ1n) is 22.3. The van der Waals surface area contributed by atoms with Crippen LogP contribution in [-0.4, -0.2) is 6.71 Å². The number of fused-ring (bicyclic) bond motifs is 7.